The number of nitrogens with zero attached hydrogens (tertiary/aromatic N) is 1. The summed E-state index contributed by atoms with van der Waals surface area (Å²) in [6.07, 6.45) is -1.19. The van der Waals surface area contributed by atoms with E-state index in [4.69, 9.17) is 5.11 Å². The normalized spacial score (nSPS) is 22.1. The van der Waals surface area contributed by atoms with Crippen LogP contribution in [0.1, 0.15) is 16.8 Å². The van der Waals surface area contributed by atoms with Gasteiger partial charge >= 0.3 is 5.97 Å². The Balaban J connectivity index is 2.39. The van der Waals surface area contributed by atoms with Crippen molar-refractivity contribution in [2.45, 2.75) is 18.6 Å². The first-order chi connectivity index (χ1) is 9.31. The van der Waals surface area contributed by atoms with Gasteiger partial charge in [0.15, 0.2) is 0 Å². The average molecular weight is 350 g/mol. The van der Waals surface area contributed by atoms with Crippen molar-refractivity contribution in [3.63, 3.8) is 0 Å². The van der Waals surface area contributed by atoms with Crippen molar-refractivity contribution in [3.05, 3.63) is 33.8 Å². The minimum atomic E-state index is -1.33. The number of carboxylic acid groups (broad SMARTS) is 1. The molecule has 2 atom stereocenters. The largest absolute Gasteiger partial charge is 0.480 e. The van der Waals surface area contributed by atoms with E-state index in [9.17, 15) is 23.5 Å². The molecule has 1 aliphatic rings. The maximum atomic E-state index is 13.7. The molecule has 0 aliphatic carbocycles. The highest BCUT2D eigenvalue weighted by Gasteiger charge is 2.40. The zero-order chi connectivity index (χ0) is 15.0. The molecule has 1 aliphatic heterocycles. The van der Waals surface area contributed by atoms with Crippen LogP contribution in [0.5, 0.6) is 0 Å². The number of benzene rings is 1. The van der Waals surface area contributed by atoms with Crippen molar-refractivity contribution in [3.8, 4) is 0 Å². The summed E-state index contributed by atoms with van der Waals surface area (Å²) >= 11 is 2.89. The number of likely N-dealkylation sites (tertiary alicyclic amines) is 1. The van der Waals surface area contributed by atoms with Gasteiger partial charge in [-0.3, -0.25) is 4.79 Å². The van der Waals surface area contributed by atoms with Crippen molar-refractivity contribution in [2.75, 3.05) is 6.54 Å². The highest BCUT2D eigenvalue weighted by Crippen LogP contribution is 2.25. The SMILES string of the molecule is O=C(O)[C@@H]1C[C@@H](O)CN1C(=O)c1c(F)cc(Br)cc1F. The van der Waals surface area contributed by atoms with E-state index in [0.29, 0.717) is 0 Å². The Morgan fingerprint density at radius 1 is 1.30 bits per heavy atom. The van der Waals surface area contributed by atoms with Gasteiger partial charge in [-0.15, -0.1) is 0 Å². The minimum Gasteiger partial charge on any atom is -0.480 e. The molecule has 8 heteroatoms. The molecule has 1 aromatic rings. The van der Waals surface area contributed by atoms with Crippen LogP contribution in [0.25, 0.3) is 0 Å². The lowest BCUT2D eigenvalue weighted by molar-refractivity contribution is -0.141. The fourth-order valence-electron chi connectivity index (χ4n) is 2.16. The van der Waals surface area contributed by atoms with E-state index in [-0.39, 0.29) is 17.4 Å². The first-order valence-electron chi connectivity index (χ1n) is 5.67. The average Bonchev–Trinajstić information content (AvgIpc) is 2.70. The van der Waals surface area contributed by atoms with Crippen molar-refractivity contribution in [1.82, 2.24) is 4.90 Å². The van der Waals surface area contributed by atoms with Crippen LogP contribution in [0.15, 0.2) is 16.6 Å². The summed E-state index contributed by atoms with van der Waals surface area (Å²) < 4.78 is 27.6. The van der Waals surface area contributed by atoms with E-state index in [1.165, 1.54) is 0 Å². The third-order valence-corrected chi connectivity index (χ3v) is 3.50. The number of carbonyl (C=O) groups excluding carboxylic acids is 1. The van der Waals surface area contributed by atoms with Crippen molar-refractivity contribution in [2.24, 2.45) is 0 Å². The van der Waals surface area contributed by atoms with Gasteiger partial charge in [-0.1, -0.05) is 15.9 Å². The van der Waals surface area contributed by atoms with Crippen LogP contribution >= 0.6 is 15.9 Å². The molecule has 0 bridgehead atoms. The molecule has 0 radical (unpaired) electrons. The molecule has 5 nitrogen and oxygen atoms in total. The summed E-state index contributed by atoms with van der Waals surface area (Å²) in [7, 11) is 0. The van der Waals surface area contributed by atoms with Gasteiger partial charge in [0.1, 0.15) is 23.2 Å². The highest BCUT2D eigenvalue weighted by molar-refractivity contribution is 9.10. The zero-order valence-corrected chi connectivity index (χ0v) is 11.6. The highest BCUT2D eigenvalue weighted by atomic mass is 79.9. The van der Waals surface area contributed by atoms with Gasteiger partial charge in [-0.25, -0.2) is 13.6 Å². The molecular formula is C12H10BrF2NO4. The Kier molecular flexibility index (Phi) is 4.05. The monoisotopic (exact) mass is 349 g/mol. The van der Waals surface area contributed by atoms with E-state index >= 15 is 0 Å². The van der Waals surface area contributed by atoms with E-state index < -0.39 is 41.2 Å². The lowest BCUT2D eigenvalue weighted by atomic mass is 10.1. The maximum Gasteiger partial charge on any atom is 0.326 e. The second-order valence-corrected chi connectivity index (χ2v) is 5.36. The lowest BCUT2D eigenvalue weighted by Gasteiger charge is -2.21. The predicted octanol–water partition coefficient (Wildman–Crippen LogP) is 1.39. The molecule has 1 aromatic carbocycles. The number of amides is 1. The van der Waals surface area contributed by atoms with Crippen molar-refractivity contribution < 1.29 is 28.6 Å². The number of carboxylic acids is 1. The van der Waals surface area contributed by atoms with Crippen LogP contribution in [0, 0.1) is 11.6 Å². The van der Waals surface area contributed by atoms with Crippen LogP contribution in [0.3, 0.4) is 0 Å². The summed E-state index contributed by atoms with van der Waals surface area (Å²) in [4.78, 5) is 23.9. The Hall–Kier alpha value is -1.54. The van der Waals surface area contributed by atoms with Crippen LogP contribution < -0.4 is 0 Å². The third kappa shape index (κ3) is 2.66. The van der Waals surface area contributed by atoms with E-state index in [1.807, 2.05) is 0 Å². The quantitative estimate of drug-likeness (QED) is 0.845. The van der Waals surface area contributed by atoms with Gasteiger partial charge in [0, 0.05) is 17.4 Å². The number of aliphatic hydroxyl groups is 1. The summed E-state index contributed by atoms with van der Waals surface area (Å²) in [5.41, 5.74) is -0.825. The van der Waals surface area contributed by atoms with Gasteiger partial charge in [0.05, 0.1) is 6.10 Å². The second kappa shape index (κ2) is 5.45. The zero-order valence-electron chi connectivity index (χ0n) is 10.0. The summed E-state index contributed by atoms with van der Waals surface area (Å²) in [5.74, 6) is -4.59. The van der Waals surface area contributed by atoms with Crippen LogP contribution in [0.2, 0.25) is 0 Å². The molecule has 1 amide bonds. The molecule has 1 saturated heterocycles. The molecule has 1 fully saturated rings. The standard InChI is InChI=1S/C12H10BrF2NO4/c13-5-1-7(14)10(8(15)2-5)11(18)16-4-6(17)3-9(16)12(19)20/h1-2,6,9,17H,3-4H2,(H,19,20)/t6-,9+/m1/s1. The number of carbonyl (C=O) groups is 2. The van der Waals surface area contributed by atoms with Gasteiger partial charge in [-0.2, -0.15) is 0 Å². The molecule has 0 spiro atoms. The molecule has 0 aromatic heterocycles. The molecule has 0 unspecified atom stereocenters. The Bertz CT molecular complexity index is 558. The third-order valence-electron chi connectivity index (χ3n) is 3.05. The number of halogens is 3. The summed E-state index contributed by atoms with van der Waals surface area (Å²) in [6, 6.07) is 0.539. The van der Waals surface area contributed by atoms with Gasteiger partial charge < -0.3 is 15.1 Å². The lowest BCUT2D eigenvalue weighted by Crippen LogP contribution is -2.41. The van der Waals surface area contributed by atoms with E-state index in [0.717, 1.165) is 17.0 Å². The molecule has 1 heterocycles. The second-order valence-electron chi connectivity index (χ2n) is 4.45. The topological polar surface area (TPSA) is 77.8 Å². The summed E-state index contributed by atoms with van der Waals surface area (Å²) in [6.45, 7) is -0.273. The van der Waals surface area contributed by atoms with E-state index in [1.54, 1.807) is 0 Å². The van der Waals surface area contributed by atoms with Crippen LogP contribution in [0.4, 0.5) is 8.78 Å². The van der Waals surface area contributed by atoms with Crippen LogP contribution in [-0.4, -0.2) is 45.7 Å². The molecule has 0 saturated carbocycles. The molecular weight excluding hydrogens is 340 g/mol. The van der Waals surface area contributed by atoms with Crippen LogP contribution in [-0.2, 0) is 4.79 Å². The molecule has 20 heavy (non-hydrogen) atoms. The summed E-state index contributed by atoms with van der Waals surface area (Å²) in [5, 5.41) is 18.4. The number of rotatable bonds is 2. The molecule has 2 rings (SSSR count). The Morgan fingerprint density at radius 2 is 1.85 bits per heavy atom. The number of aliphatic hydroxyl groups excluding tert-OH is 1. The molecule has 108 valence electrons. The van der Waals surface area contributed by atoms with E-state index in [2.05, 4.69) is 15.9 Å². The predicted molar refractivity (Wildman–Crippen MR) is 67.1 cm³/mol. The number of hydrogen-bond acceptors (Lipinski definition) is 3. The Labute approximate surface area is 120 Å². The van der Waals surface area contributed by atoms with Crippen molar-refractivity contribution >= 4 is 27.8 Å². The number of aliphatic carboxylic acids is 1. The smallest absolute Gasteiger partial charge is 0.326 e. The Morgan fingerprint density at radius 3 is 2.35 bits per heavy atom. The first kappa shape index (κ1) is 14.9. The van der Waals surface area contributed by atoms with Gasteiger partial charge in [0.25, 0.3) is 5.91 Å². The van der Waals surface area contributed by atoms with Gasteiger partial charge in [-0.05, 0) is 12.1 Å². The first-order valence-corrected chi connectivity index (χ1v) is 6.47. The van der Waals surface area contributed by atoms with Crippen molar-refractivity contribution in [1.29, 1.82) is 0 Å². The number of hydrogen-bond donors (Lipinski definition) is 2. The fourth-order valence-corrected chi connectivity index (χ4v) is 2.56. The fraction of sp³-hybridized carbons (Fsp3) is 0.333. The number of β-amino-alcohol motifs (C(OH)–C–C–N with tert-alkyl or cyclic N) is 1. The van der Waals surface area contributed by atoms with Gasteiger partial charge in [0.2, 0.25) is 0 Å². The minimum absolute atomic E-state index is 0.125. The molecule has 2 N–H and O–H groups in total. The maximum absolute atomic E-state index is 13.7.